The maximum absolute atomic E-state index is 14.5. The number of hydrogen-bond donors (Lipinski definition) is 5. The fourth-order valence-electron chi connectivity index (χ4n) is 6.17. The maximum Gasteiger partial charge on any atom is 0.335 e. The number of pyridine rings is 1. The molecule has 5 amide bonds. The molecule has 16 heteroatoms. The Morgan fingerprint density at radius 1 is 1.12 bits per heavy atom. The quantitative estimate of drug-likeness (QED) is 0.172. The molecule has 0 bridgehead atoms. The Kier molecular flexibility index (Phi) is 11.8. The molecule has 2 unspecified atom stereocenters. The highest BCUT2D eigenvalue weighted by atomic mass is 32.1. The van der Waals surface area contributed by atoms with Crippen molar-refractivity contribution in [1.82, 2.24) is 35.8 Å². The second kappa shape index (κ2) is 15.8. The summed E-state index contributed by atoms with van der Waals surface area (Å²) in [6.45, 7) is 12.5. The number of hydrogen-bond acceptors (Lipinski definition) is 11. The molecule has 0 aromatic carbocycles. The third-order valence-corrected chi connectivity index (χ3v) is 9.75. The Morgan fingerprint density at radius 3 is 2.46 bits per heavy atom. The second-order valence-electron chi connectivity index (χ2n) is 15.7. The summed E-state index contributed by atoms with van der Waals surface area (Å²) in [5, 5.41) is 34.8. The van der Waals surface area contributed by atoms with Crippen LogP contribution < -0.4 is 25.8 Å². The topological polar surface area (TPSA) is 203 Å². The third kappa shape index (κ3) is 9.40. The van der Waals surface area contributed by atoms with Crippen LogP contribution in [0.4, 0.5) is 4.79 Å². The fraction of sp³-hybridized carbons (Fsp3) is 0.583. The summed E-state index contributed by atoms with van der Waals surface area (Å²) in [6.07, 6.45) is 1.14. The zero-order valence-corrected chi connectivity index (χ0v) is 31.6. The van der Waals surface area contributed by atoms with Gasteiger partial charge in [-0.05, 0) is 62.6 Å². The monoisotopic (exact) mass is 738 g/mol. The van der Waals surface area contributed by atoms with Crippen molar-refractivity contribution in [3.63, 3.8) is 0 Å². The SMILES string of the molecule is CCC[C@@H](C(O)C(=O)NC1CC1)[NH+]([O-])C(=O)[C@@H]1C[C@@H](Oc2nc(-c3ccccn3)nc3sccc23)CN1C(=O)[C@@H](NC(=O)NC(C)(C)C)C(C)(C)C. The summed E-state index contributed by atoms with van der Waals surface area (Å²) in [5.41, 5.74) is -0.867. The van der Waals surface area contributed by atoms with Gasteiger partial charge in [-0.1, -0.05) is 40.2 Å². The number of amides is 5. The Labute approximate surface area is 307 Å². The molecule has 3 aromatic rings. The number of aliphatic hydroxyl groups is 1. The van der Waals surface area contributed by atoms with Gasteiger partial charge in [0.25, 0.3) is 5.91 Å². The van der Waals surface area contributed by atoms with E-state index in [9.17, 15) is 29.5 Å². The lowest BCUT2D eigenvalue weighted by molar-refractivity contribution is -0.800. The average Bonchev–Trinajstić information content (AvgIpc) is 3.58. The molecule has 1 saturated carbocycles. The van der Waals surface area contributed by atoms with Gasteiger partial charge in [-0.3, -0.25) is 14.6 Å². The van der Waals surface area contributed by atoms with Crippen molar-refractivity contribution >= 4 is 45.3 Å². The standard InChI is InChI=1S/C36H50N8O7S/c1-8-11-24(26(45)29(46)38-20-13-14-20)44(50)32(47)25-18-21(19-43(25)33(48)27(35(2,3)4)39-34(49)42-36(5,6)7)51-30-22-15-17-52-31(22)41-28(40-30)23-12-9-10-16-37-23/h9-10,12,15-17,20-21,24-27,44-45H,8,11,13-14,18-19H2,1-7H3,(H,38,46)(H2,39,42,49)/t21-,24+,25+,26?,27-/m1/s1. The number of quaternary nitrogens is 1. The van der Waals surface area contributed by atoms with Gasteiger partial charge in [0.05, 0.1) is 11.9 Å². The molecular formula is C36H50N8O7S. The van der Waals surface area contributed by atoms with E-state index in [-0.39, 0.29) is 31.3 Å². The van der Waals surface area contributed by atoms with Crippen molar-refractivity contribution in [3.05, 3.63) is 41.0 Å². The number of carbonyl (C=O) groups excluding carboxylic acids is 4. The van der Waals surface area contributed by atoms with Crippen molar-refractivity contribution < 1.29 is 34.1 Å². The molecular weight excluding hydrogens is 689 g/mol. The van der Waals surface area contributed by atoms with E-state index < -0.39 is 70.1 Å². The number of aliphatic hydroxyl groups excluding tert-OH is 1. The van der Waals surface area contributed by atoms with E-state index in [0.717, 1.165) is 12.8 Å². The van der Waals surface area contributed by atoms with E-state index >= 15 is 0 Å². The Bertz CT molecular complexity index is 1750. The van der Waals surface area contributed by atoms with Crippen molar-refractivity contribution in [2.75, 3.05) is 6.54 Å². The number of fused-ring (bicyclic) bond motifs is 1. The molecule has 3 aromatic heterocycles. The first-order valence-corrected chi connectivity index (χ1v) is 18.6. The summed E-state index contributed by atoms with van der Waals surface area (Å²) in [7, 11) is 0. The summed E-state index contributed by atoms with van der Waals surface area (Å²) in [6, 6.07) is 2.88. The number of urea groups is 1. The van der Waals surface area contributed by atoms with E-state index in [1.54, 1.807) is 46.0 Å². The normalized spacial score (nSPS) is 20.1. The lowest BCUT2D eigenvalue weighted by atomic mass is 9.85. The van der Waals surface area contributed by atoms with E-state index in [4.69, 9.17) is 4.74 Å². The van der Waals surface area contributed by atoms with Gasteiger partial charge in [-0.25, -0.2) is 14.6 Å². The van der Waals surface area contributed by atoms with Crippen molar-refractivity contribution in [3.8, 4) is 17.4 Å². The van der Waals surface area contributed by atoms with Gasteiger partial charge in [0.2, 0.25) is 11.8 Å². The molecule has 2 aliphatic rings. The highest BCUT2D eigenvalue weighted by Gasteiger charge is 2.49. The van der Waals surface area contributed by atoms with Crippen LogP contribution in [-0.4, -0.2) is 97.2 Å². The predicted molar refractivity (Wildman–Crippen MR) is 195 cm³/mol. The Hall–Kier alpha value is -4.25. The van der Waals surface area contributed by atoms with E-state index in [0.29, 0.717) is 28.2 Å². The molecule has 5 N–H and O–H groups in total. The Balaban J connectivity index is 1.47. The third-order valence-electron chi connectivity index (χ3n) is 8.94. The van der Waals surface area contributed by atoms with Crippen molar-refractivity contribution in [2.45, 2.75) is 122 Å². The molecule has 1 saturated heterocycles. The van der Waals surface area contributed by atoms with Gasteiger partial charge in [0, 0.05) is 30.6 Å². The molecule has 52 heavy (non-hydrogen) atoms. The minimum atomic E-state index is -1.72. The smallest absolute Gasteiger partial charge is 0.335 e. The van der Waals surface area contributed by atoms with Crippen LogP contribution in [-0.2, 0) is 14.4 Å². The molecule has 5 rings (SSSR count). The molecule has 1 aliphatic carbocycles. The minimum Gasteiger partial charge on any atom is -0.626 e. The van der Waals surface area contributed by atoms with Crippen LogP contribution in [0.25, 0.3) is 21.7 Å². The summed E-state index contributed by atoms with van der Waals surface area (Å²) in [4.78, 5) is 70.3. The van der Waals surface area contributed by atoms with Crippen LogP contribution in [0.2, 0.25) is 0 Å². The zero-order chi connectivity index (χ0) is 38.0. The van der Waals surface area contributed by atoms with Crippen LogP contribution in [0.1, 0.15) is 80.6 Å². The van der Waals surface area contributed by atoms with Crippen LogP contribution in [0, 0.1) is 10.6 Å². The number of thiophene rings is 1. The molecule has 15 nitrogen and oxygen atoms in total. The van der Waals surface area contributed by atoms with Gasteiger partial charge in [-0.15, -0.1) is 11.3 Å². The number of nitrogens with zero attached hydrogens (tertiary/aromatic N) is 4. The number of likely N-dealkylation sites (tertiary alicyclic amines) is 1. The summed E-state index contributed by atoms with van der Waals surface area (Å²) in [5.74, 6) is -1.63. The van der Waals surface area contributed by atoms with Gasteiger partial charge in [0.1, 0.15) is 28.7 Å². The van der Waals surface area contributed by atoms with E-state index in [1.807, 2.05) is 38.3 Å². The molecule has 282 valence electrons. The van der Waals surface area contributed by atoms with Gasteiger partial charge < -0.3 is 41.0 Å². The molecule has 6 atom stereocenters. The second-order valence-corrected chi connectivity index (χ2v) is 16.6. The lowest BCUT2D eigenvalue weighted by Gasteiger charge is -2.38. The summed E-state index contributed by atoms with van der Waals surface area (Å²) >= 11 is 1.39. The van der Waals surface area contributed by atoms with Crippen LogP contribution in [0.15, 0.2) is 35.8 Å². The highest BCUT2D eigenvalue weighted by Crippen LogP contribution is 2.33. The predicted octanol–water partition coefficient (Wildman–Crippen LogP) is 2.33. The molecule has 0 spiro atoms. The number of aromatic nitrogens is 3. The van der Waals surface area contributed by atoms with E-state index in [2.05, 4.69) is 30.9 Å². The van der Waals surface area contributed by atoms with E-state index in [1.165, 1.54) is 16.2 Å². The maximum atomic E-state index is 14.5. The van der Waals surface area contributed by atoms with Gasteiger partial charge in [0.15, 0.2) is 18.0 Å². The molecule has 4 heterocycles. The number of carbonyl (C=O) groups is 4. The zero-order valence-electron chi connectivity index (χ0n) is 30.8. The number of hydroxylamine groups is 2. The highest BCUT2D eigenvalue weighted by molar-refractivity contribution is 7.16. The average molecular weight is 739 g/mol. The first kappa shape index (κ1) is 39.0. The number of nitrogens with one attached hydrogen (secondary N) is 4. The number of ether oxygens (including phenoxy) is 1. The Morgan fingerprint density at radius 2 is 1.85 bits per heavy atom. The van der Waals surface area contributed by atoms with Gasteiger partial charge in [-0.2, -0.15) is 4.98 Å². The van der Waals surface area contributed by atoms with Crippen molar-refractivity contribution in [2.24, 2.45) is 5.41 Å². The molecule has 2 fully saturated rings. The number of rotatable bonds is 12. The first-order valence-electron chi connectivity index (χ1n) is 17.8. The van der Waals surface area contributed by atoms with Crippen LogP contribution in [0.3, 0.4) is 0 Å². The summed E-state index contributed by atoms with van der Waals surface area (Å²) < 4.78 is 6.46. The van der Waals surface area contributed by atoms with Gasteiger partial charge >= 0.3 is 11.9 Å². The minimum absolute atomic E-state index is 0.0527. The molecule has 0 radical (unpaired) electrons. The fourth-order valence-corrected chi connectivity index (χ4v) is 6.92. The van der Waals surface area contributed by atoms with Crippen molar-refractivity contribution in [1.29, 1.82) is 0 Å². The van der Waals surface area contributed by atoms with Crippen LogP contribution in [0.5, 0.6) is 5.88 Å². The first-order chi connectivity index (χ1) is 24.5. The largest absolute Gasteiger partial charge is 0.626 e. The lowest BCUT2D eigenvalue weighted by Crippen LogP contribution is -3.17. The molecule has 1 aliphatic heterocycles. The van der Waals surface area contributed by atoms with Crippen LogP contribution >= 0.6 is 11.3 Å².